The van der Waals surface area contributed by atoms with Crippen molar-refractivity contribution in [1.82, 2.24) is 4.98 Å². The van der Waals surface area contributed by atoms with E-state index in [9.17, 15) is 0 Å². The topological polar surface area (TPSA) is 12.9 Å². The molecule has 0 aliphatic heterocycles. The van der Waals surface area contributed by atoms with Gasteiger partial charge in [0.25, 0.3) is 0 Å². The van der Waals surface area contributed by atoms with E-state index < -0.39 is 0 Å². The van der Waals surface area contributed by atoms with Gasteiger partial charge in [-0.2, -0.15) is 0 Å². The Kier molecular flexibility index (Phi) is 3.00. The van der Waals surface area contributed by atoms with Crippen LogP contribution in [0.25, 0.3) is 10.9 Å². The second-order valence-corrected chi connectivity index (χ2v) is 5.52. The Morgan fingerprint density at radius 2 is 2.14 bits per heavy atom. The first-order valence-electron chi connectivity index (χ1n) is 3.99. The van der Waals surface area contributed by atoms with Crippen LogP contribution in [-0.2, 0) is 0 Å². The molecule has 0 saturated heterocycles. The molecular weight excluding hydrogens is 376 g/mol. The molecule has 1 nitrogen and oxygen atoms in total. The van der Waals surface area contributed by atoms with Crippen LogP contribution >= 0.6 is 50.1 Å². The summed E-state index contributed by atoms with van der Waals surface area (Å²) in [5.74, 6) is 0. The normalized spacial score (nSPS) is 10.9. The average Bonchev–Trinajstić information content (AvgIpc) is 2.12. The van der Waals surface area contributed by atoms with E-state index in [0.29, 0.717) is 0 Å². The Hall–Kier alpha value is 0.130. The van der Waals surface area contributed by atoms with Gasteiger partial charge in [0.15, 0.2) is 0 Å². The average molecular weight is 382 g/mol. The van der Waals surface area contributed by atoms with Crippen LogP contribution in [0.3, 0.4) is 0 Å². The number of benzene rings is 1. The molecule has 14 heavy (non-hydrogen) atoms. The number of aryl methyl sites for hydroxylation is 1. The molecule has 0 atom stereocenters. The zero-order chi connectivity index (χ0) is 10.3. The van der Waals surface area contributed by atoms with E-state index in [-0.39, 0.29) is 0 Å². The largest absolute Gasteiger partial charge is 0.255 e. The molecule has 0 aliphatic carbocycles. The van der Waals surface area contributed by atoms with E-state index in [1.807, 2.05) is 19.1 Å². The number of pyridine rings is 1. The van der Waals surface area contributed by atoms with E-state index in [1.54, 1.807) is 6.20 Å². The third-order valence-corrected chi connectivity index (χ3v) is 3.73. The number of hydrogen-bond acceptors (Lipinski definition) is 1. The summed E-state index contributed by atoms with van der Waals surface area (Å²) in [7, 11) is 0. The van der Waals surface area contributed by atoms with Gasteiger partial charge < -0.3 is 0 Å². The van der Waals surface area contributed by atoms with E-state index in [0.717, 1.165) is 29.5 Å². The number of nitrogens with zero attached hydrogens (tertiary/aromatic N) is 1. The molecule has 0 radical (unpaired) electrons. The zero-order valence-corrected chi connectivity index (χ0v) is 11.8. The van der Waals surface area contributed by atoms with Crippen LogP contribution in [0.2, 0.25) is 5.02 Å². The lowest BCUT2D eigenvalue weighted by Crippen LogP contribution is -1.86. The van der Waals surface area contributed by atoms with Crippen molar-refractivity contribution in [3.05, 3.63) is 37.0 Å². The molecule has 2 rings (SSSR count). The van der Waals surface area contributed by atoms with Crippen molar-refractivity contribution in [2.24, 2.45) is 0 Å². The molecule has 1 aromatic heterocycles. The molecule has 0 N–H and O–H groups in total. The number of fused-ring (bicyclic) bond motifs is 1. The fraction of sp³-hybridized carbons (Fsp3) is 0.100. The highest BCUT2D eigenvalue weighted by Crippen LogP contribution is 2.31. The molecule has 0 spiro atoms. The highest BCUT2D eigenvalue weighted by Gasteiger charge is 2.07. The van der Waals surface area contributed by atoms with Crippen LogP contribution in [0.5, 0.6) is 0 Å². The van der Waals surface area contributed by atoms with Crippen molar-refractivity contribution in [3.63, 3.8) is 0 Å². The summed E-state index contributed by atoms with van der Waals surface area (Å²) < 4.78 is 2.14. The number of halogens is 3. The molecular formula is C10H6BrClIN. The van der Waals surface area contributed by atoms with Crippen molar-refractivity contribution in [2.75, 3.05) is 0 Å². The summed E-state index contributed by atoms with van der Waals surface area (Å²) in [6, 6.07) is 4.07. The van der Waals surface area contributed by atoms with Crippen LogP contribution in [0, 0.1) is 10.5 Å². The molecule has 4 heteroatoms. The summed E-state index contributed by atoms with van der Waals surface area (Å²) in [4.78, 5) is 4.35. The molecule has 0 bridgehead atoms. The molecule has 1 aromatic carbocycles. The minimum Gasteiger partial charge on any atom is -0.255 e. The number of aromatic nitrogens is 1. The summed E-state index contributed by atoms with van der Waals surface area (Å²) in [6.07, 6.45) is 1.79. The van der Waals surface area contributed by atoms with Crippen LogP contribution in [0.1, 0.15) is 5.56 Å². The highest BCUT2D eigenvalue weighted by molar-refractivity contribution is 14.1. The smallest absolute Gasteiger partial charge is 0.0859 e. The SMILES string of the molecule is Cc1cnc2c(Br)cc(I)cc2c1Cl. The van der Waals surface area contributed by atoms with Gasteiger partial charge in [-0.15, -0.1) is 0 Å². The Bertz CT molecular complexity index is 513. The molecule has 0 unspecified atom stereocenters. The van der Waals surface area contributed by atoms with Crippen molar-refractivity contribution in [3.8, 4) is 0 Å². The van der Waals surface area contributed by atoms with Crippen molar-refractivity contribution in [1.29, 1.82) is 0 Å². The maximum Gasteiger partial charge on any atom is 0.0859 e. The predicted molar refractivity (Wildman–Crippen MR) is 71.9 cm³/mol. The van der Waals surface area contributed by atoms with E-state index >= 15 is 0 Å². The third-order valence-electron chi connectivity index (χ3n) is 2.00. The van der Waals surface area contributed by atoms with Gasteiger partial charge in [-0.25, -0.2) is 0 Å². The van der Waals surface area contributed by atoms with Crippen LogP contribution in [0.4, 0.5) is 0 Å². The van der Waals surface area contributed by atoms with E-state index in [4.69, 9.17) is 11.6 Å². The third kappa shape index (κ3) is 1.77. The van der Waals surface area contributed by atoms with Crippen LogP contribution in [-0.4, -0.2) is 4.98 Å². The minimum absolute atomic E-state index is 0.786. The van der Waals surface area contributed by atoms with Gasteiger partial charge in [-0.05, 0) is 63.1 Å². The van der Waals surface area contributed by atoms with Gasteiger partial charge in [0.2, 0.25) is 0 Å². The van der Waals surface area contributed by atoms with Gasteiger partial charge in [-0.3, -0.25) is 4.98 Å². The van der Waals surface area contributed by atoms with Gasteiger partial charge in [-0.1, -0.05) is 11.6 Å². The van der Waals surface area contributed by atoms with Gasteiger partial charge >= 0.3 is 0 Å². The first kappa shape index (κ1) is 10.6. The summed E-state index contributed by atoms with van der Waals surface area (Å²) >= 11 is 12.0. The van der Waals surface area contributed by atoms with Crippen molar-refractivity contribution in [2.45, 2.75) is 6.92 Å². The van der Waals surface area contributed by atoms with E-state index in [2.05, 4.69) is 43.5 Å². The van der Waals surface area contributed by atoms with Gasteiger partial charge in [0, 0.05) is 19.6 Å². The maximum atomic E-state index is 6.21. The van der Waals surface area contributed by atoms with Crippen LogP contribution in [0.15, 0.2) is 22.8 Å². The van der Waals surface area contributed by atoms with Crippen molar-refractivity contribution < 1.29 is 0 Å². The second-order valence-electron chi connectivity index (χ2n) is 3.04. The molecule has 0 amide bonds. The Balaban J connectivity index is 2.95. The molecule has 0 fully saturated rings. The standard InChI is InChI=1S/C10H6BrClIN/c1-5-4-14-10-7(9(5)12)2-6(13)3-8(10)11/h2-4H,1H3. The Morgan fingerprint density at radius 1 is 1.43 bits per heavy atom. The fourth-order valence-electron chi connectivity index (χ4n) is 1.29. The molecule has 72 valence electrons. The maximum absolute atomic E-state index is 6.21. The lowest BCUT2D eigenvalue weighted by molar-refractivity contribution is 1.32. The van der Waals surface area contributed by atoms with Crippen LogP contribution < -0.4 is 0 Å². The monoisotopic (exact) mass is 381 g/mol. The number of hydrogen-bond donors (Lipinski definition) is 0. The van der Waals surface area contributed by atoms with Gasteiger partial charge in [0.05, 0.1) is 10.5 Å². The summed E-state index contributed by atoms with van der Waals surface area (Å²) in [5.41, 5.74) is 1.93. The van der Waals surface area contributed by atoms with E-state index in [1.165, 1.54) is 0 Å². The predicted octanol–water partition coefficient (Wildman–Crippen LogP) is 4.56. The number of rotatable bonds is 0. The second kappa shape index (κ2) is 3.94. The van der Waals surface area contributed by atoms with Crippen molar-refractivity contribution >= 4 is 61.0 Å². The molecule has 0 saturated carbocycles. The summed E-state index contributed by atoms with van der Waals surface area (Å²) in [5, 5.41) is 1.79. The summed E-state index contributed by atoms with van der Waals surface area (Å²) in [6.45, 7) is 1.96. The molecule has 1 heterocycles. The lowest BCUT2D eigenvalue weighted by atomic mass is 10.2. The minimum atomic E-state index is 0.786. The zero-order valence-electron chi connectivity index (χ0n) is 7.31. The van der Waals surface area contributed by atoms with Gasteiger partial charge in [0.1, 0.15) is 0 Å². The highest BCUT2D eigenvalue weighted by atomic mass is 127. The molecule has 2 aromatic rings. The Morgan fingerprint density at radius 3 is 2.86 bits per heavy atom. The fourth-order valence-corrected chi connectivity index (χ4v) is 3.10. The lowest BCUT2D eigenvalue weighted by Gasteiger charge is -2.05. The molecule has 0 aliphatic rings. The Labute approximate surface area is 109 Å². The first-order chi connectivity index (χ1) is 6.59. The quantitative estimate of drug-likeness (QED) is 0.609. The first-order valence-corrected chi connectivity index (χ1v) is 6.24.